The van der Waals surface area contributed by atoms with Gasteiger partial charge in [0.15, 0.2) is 17.5 Å². The van der Waals surface area contributed by atoms with Crippen molar-refractivity contribution in [2.45, 2.75) is 0 Å². The molecule has 2 aromatic heterocycles. The van der Waals surface area contributed by atoms with Crippen LogP contribution in [0.15, 0.2) is 205 Å². The Morgan fingerprint density at radius 2 is 0.649 bits per heavy atom. The van der Waals surface area contributed by atoms with Gasteiger partial charge in [-0.3, -0.25) is 0 Å². The molecular formula is C53H33N3O. The maximum Gasteiger partial charge on any atom is 0.167 e. The summed E-state index contributed by atoms with van der Waals surface area (Å²) in [4.78, 5) is 15.1. The molecule has 4 nitrogen and oxygen atoms in total. The zero-order valence-electron chi connectivity index (χ0n) is 30.8. The second kappa shape index (κ2) is 13.6. The average Bonchev–Trinajstić information content (AvgIpc) is 3.68. The van der Waals surface area contributed by atoms with E-state index in [1.807, 2.05) is 60.7 Å². The van der Waals surface area contributed by atoms with Crippen molar-refractivity contribution in [1.82, 2.24) is 15.0 Å². The number of rotatable bonds is 6. The van der Waals surface area contributed by atoms with E-state index in [2.05, 4.69) is 140 Å². The number of nitrogens with zero attached hydrogens (tertiary/aromatic N) is 3. The molecule has 0 aliphatic heterocycles. The van der Waals surface area contributed by atoms with E-state index in [1.165, 1.54) is 49.4 Å². The highest BCUT2D eigenvalue weighted by atomic mass is 16.3. The molecule has 0 radical (unpaired) electrons. The number of para-hydroxylation sites is 2. The molecule has 0 N–H and O–H groups in total. The van der Waals surface area contributed by atoms with Crippen LogP contribution in [0.2, 0.25) is 0 Å². The minimum atomic E-state index is 0.568. The molecule has 2 heterocycles. The maximum atomic E-state index is 6.41. The normalized spacial score (nSPS) is 11.5. The van der Waals surface area contributed by atoms with Crippen LogP contribution in [0.3, 0.4) is 0 Å². The van der Waals surface area contributed by atoms with Gasteiger partial charge in [-0.25, -0.2) is 15.0 Å². The van der Waals surface area contributed by atoms with Crippen molar-refractivity contribution in [2.24, 2.45) is 0 Å². The van der Waals surface area contributed by atoms with Crippen molar-refractivity contribution in [3.8, 4) is 67.5 Å². The van der Waals surface area contributed by atoms with Crippen LogP contribution in [0.4, 0.5) is 0 Å². The monoisotopic (exact) mass is 727 g/mol. The summed E-state index contributed by atoms with van der Waals surface area (Å²) in [5.41, 5.74) is 11.4. The zero-order chi connectivity index (χ0) is 37.7. The van der Waals surface area contributed by atoms with Gasteiger partial charge in [0.2, 0.25) is 0 Å². The summed E-state index contributed by atoms with van der Waals surface area (Å²) in [5.74, 6) is 1.78. The highest BCUT2D eigenvalue weighted by molar-refractivity contribution is 6.12. The van der Waals surface area contributed by atoms with E-state index >= 15 is 0 Å². The van der Waals surface area contributed by atoms with Crippen LogP contribution in [0.25, 0.3) is 111 Å². The molecule has 0 atom stereocenters. The predicted octanol–water partition coefficient (Wildman–Crippen LogP) is 14.1. The van der Waals surface area contributed by atoms with Crippen LogP contribution in [-0.2, 0) is 0 Å². The van der Waals surface area contributed by atoms with Gasteiger partial charge in [-0.2, -0.15) is 0 Å². The van der Waals surface area contributed by atoms with Gasteiger partial charge >= 0.3 is 0 Å². The van der Waals surface area contributed by atoms with Gasteiger partial charge in [0, 0.05) is 21.9 Å². The lowest BCUT2D eigenvalue weighted by Crippen LogP contribution is -2.00. The highest BCUT2D eigenvalue weighted by Gasteiger charge is 2.19. The molecule has 0 bridgehead atoms. The van der Waals surface area contributed by atoms with Crippen LogP contribution in [0.1, 0.15) is 0 Å². The fraction of sp³-hybridized carbons (Fsp3) is 0. The lowest BCUT2D eigenvalue weighted by molar-refractivity contribution is 0.669. The molecule has 0 fully saturated rings. The number of hydrogen-bond acceptors (Lipinski definition) is 4. The van der Waals surface area contributed by atoms with Gasteiger partial charge in [0.05, 0.1) is 5.56 Å². The average molecular weight is 728 g/mol. The molecule has 11 aromatic rings. The number of furan rings is 1. The molecule has 0 aliphatic carbocycles. The van der Waals surface area contributed by atoms with Gasteiger partial charge < -0.3 is 4.42 Å². The minimum absolute atomic E-state index is 0.568. The Kier molecular flexibility index (Phi) is 7.78. The minimum Gasteiger partial charge on any atom is -0.455 e. The van der Waals surface area contributed by atoms with E-state index in [-0.39, 0.29) is 0 Å². The number of hydrogen-bond donors (Lipinski definition) is 0. The standard InChI is InChI=1S/C53H33N3O/c1-3-14-34(15-4-1)38-30-32-44(42-20-9-7-18-40(38)42)45-33-31-39(41-19-8-10-21-43(41)45)35-26-28-37(29-27-35)52-54-51(36-16-5-2-6-17-36)55-53(56-52)48-24-13-23-47-46-22-11-12-25-49(46)57-50(47)48/h1-33H. The molecule has 0 saturated carbocycles. The SMILES string of the molecule is c1ccc(-c2nc(-c3ccc(-c4ccc(-c5ccc(-c6ccccc6)c6ccccc56)c5ccccc45)cc3)nc(-c3cccc4c3oc3ccccc34)n2)cc1. The molecular weight excluding hydrogens is 695 g/mol. The van der Waals surface area contributed by atoms with Crippen molar-refractivity contribution in [3.05, 3.63) is 200 Å². The van der Waals surface area contributed by atoms with E-state index in [1.54, 1.807) is 0 Å². The second-order valence-corrected chi connectivity index (χ2v) is 14.3. The van der Waals surface area contributed by atoms with Gasteiger partial charge in [0.25, 0.3) is 0 Å². The van der Waals surface area contributed by atoms with E-state index < -0.39 is 0 Å². The first kappa shape index (κ1) is 32.7. The van der Waals surface area contributed by atoms with Gasteiger partial charge in [-0.1, -0.05) is 188 Å². The first-order valence-electron chi connectivity index (χ1n) is 19.2. The smallest absolute Gasteiger partial charge is 0.167 e. The summed E-state index contributed by atoms with van der Waals surface area (Å²) in [7, 11) is 0. The van der Waals surface area contributed by atoms with Crippen LogP contribution < -0.4 is 0 Å². The van der Waals surface area contributed by atoms with E-state index in [0.717, 1.165) is 44.2 Å². The summed E-state index contributed by atoms with van der Waals surface area (Å²) >= 11 is 0. The highest BCUT2D eigenvalue weighted by Crippen LogP contribution is 2.41. The largest absolute Gasteiger partial charge is 0.455 e. The number of fused-ring (bicyclic) bond motifs is 5. The van der Waals surface area contributed by atoms with E-state index in [0.29, 0.717) is 17.5 Å². The van der Waals surface area contributed by atoms with Crippen molar-refractivity contribution in [2.75, 3.05) is 0 Å². The van der Waals surface area contributed by atoms with E-state index in [9.17, 15) is 0 Å². The van der Waals surface area contributed by atoms with Crippen molar-refractivity contribution >= 4 is 43.5 Å². The Bertz CT molecular complexity index is 3280. The number of benzene rings is 9. The van der Waals surface area contributed by atoms with Crippen LogP contribution in [0.5, 0.6) is 0 Å². The summed E-state index contributed by atoms with van der Waals surface area (Å²) in [6, 6.07) is 70.1. The van der Waals surface area contributed by atoms with Crippen LogP contribution >= 0.6 is 0 Å². The summed E-state index contributed by atoms with van der Waals surface area (Å²) in [6.07, 6.45) is 0. The molecule has 0 aliphatic rings. The molecule has 0 amide bonds. The van der Waals surface area contributed by atoms with Crippen molar-refractivity contribution < 1.29 is 4.42 Å². The predicted molar refractivity (Wildman–Crippen MR) is 235 cm³/mol. The molecule has 4 heteroatoms. The molecule has 0 saturated heterocycles. The molecule has 57 heavy (non-hydrogen) atoms. The Morgan fingerprint density at radius 1 is 0.246 bits per heavy atom. The zero-order valence-corrected chi connectivity index (χ0v) is 30.8. The van der Waals surface area contributed by atoms with Crippen molar-refractivity contribution in [3.63, 3.8) is 0 Å². The Labute approximate surface area is 329 Å². The third-order valence-corrected chi connectivity index (χ3v) is 11.0. The Balaban J connectivity index is 1.01. The number of aromatic nitrogens is 3. The third kappa shape index (κ3) is 5.66. The van der Waals surface area contributed by atoms with E-state index in [4.69, 9.17) is 19.4 Å². The molecule has 11 rings (SSSR count). The fourth-order valence-corrected chi connectivity index (χ4v) is 8.25. The summed E-state index contributed by atoms with van der Waals surface area (Å²) < 4.78 is 6.41. The summed E-state index contributed by atoms with van der Waals surface area (Å²) in [6.45, 7) is 0. The fourth-order valence-electron chi connectivity index (χ4n) is 8.25. The lowest BCUT2D eigenvalue weighted by Gasteiger charge is -2.16. The molecule has 0 unspecified atom stereocenters. The van der Waals surface area contributed by atoms with Crippen LogP contribution in [0, 0.1) is 0 Å². The van der Waals surface area contributed by atoms with Gasteiger partial charge in [0.1, 0.15) is 11.2 Å². The van der Waals surface area contributed by atoms with Crippen molar-refractivity contribution in [1.29, 1.82) is 0 Å². The third-order valence-electron chi connectivity index (χ3n) is 11.0. The summed E-state index contributed by atoms with van der Waals surface area (Å²) in [5, 5.41) is 7.00. The molecule has 0 spiro atoms. The van der Waals surface area contributed by atoms with Crippen LogP contribution in [-0.4, -0.2) is 15.0 Å². The van der Waals surface area contributed by atoms with Gasteiger partial charge in [-0.05, 0) is 67.1 Å². The topological polar surface area (TPSA) is 51.8 Å². The maximum absolute atomic E-state index is 6.41. The molecule has 266 valence electrons. The molecule has 9 aromatic carbocycles. The first-order valence-corrected chi connectivity index (χ1v) is 19.2. The Morgan fingerprint density at radius 3 is 1.25 bits per heavy atom. The quantitative estimate of drug-likeness (QED) is 0.171. The Hall–Kier alpha value is -7.69. The van der Waals surface area contributed by atoms with Gasteiger partial charge in [-0.15, -0.1) is 0 Å². The first-order chi connectivity index (χ1) is 28.3. The lowest BCUT2D eigenvalue weighted by atomic mass is 9.88. The second-order valence-electron chi connectivity index (χ2n) is 14.3.